The van der Waals surface area contributed by atoms with E-state index in [9.17, 15) is 0 Å². The van der Waals surface area contributed by atoms with Gasteiger partial charge >= 0.3 is 0 Å². The number of hydrogen-bond donors (Lipinski definition) is 2. The Morgan fingerprint density at radius 2 is 2.40 bits per heavy atom. The number of hydrogen-bond acceptors (Lipinski definition) is 4. The Balaban J connectivity index is 1.56. The largest absolute Gasteiger partial charge is 0.370 e. The molecule has 1 aliphatic heterocycles. The smallest absolute Gasteiger partial charge is 0.124 e. The van der Waals surface area contributed by atoms with Gasteiger partial charge in [0.25, 0.3) is 0 Å². The van der Waals surface area contributed by atoms with Crippen LogP contribution >= 0.6 is 11.3 Å². The summed E-state index contributed by atoms with van der Waals surface area (Å²) in [7, 11) is 0. The van der Waals surface area contributed by atoms with Crippen molar-refractivity contribution in [2.24, 2.45) is 5.92 Å². The molecule has 0 unspecified atom stereocenters. The van der Waals surface area contributed by atoms with E-state index in [1.807, 2.05) is 23.6 Å². The van der Waals surface area contributed by atoms with Crippen molar-refractivity contribution in [1.29, 1.82) is 0 Å². The molecule has 0 aromatic carbocycles. The van der Waals surface area contributed by atoms with Crippen molar-refractivity contribution >= 4 is 17.2 Å². The second kappa shape index (κ2) is 5.58. The standard InChI is InChI=1S/C15H22N4S/c1-10-6-14(12(3)20-10)11(2)16-7-13-8-17-15-4-5-18-19(15)9-13/h4-6,11,13,16-17H,7-9H2,1-3H3/t11-,13+/m0/s1. The van der Waals surface area contributed by atoms with Crippen LogP contribution in [0.4, 0.5) is 5.82 Å². The molecule has 108 valence electrons. The minimum Gasteiger partial charge on any atom is -0.370 e. The molecule has 0 saturated carbocycles. The van der Waals surface area contributed by atoms with E-state index in [2.05, 4.69) is 47.3 Å². The Morgan fingerprint density at radius 3 is 3.15 bits per heavy atom. The van der Waals surface area contributed by atoms with Crippen molar-refractivity contribution in [1.82, 2.24) is 15.1 Å². The molecular weight excluding hydrogens is 268 g/mol. The zero-order valence-corrected chi connectivity index (χ0v) is 13.1. The van der Waals surface area contributed by atoms with Gasteiger partial charge in [-0.3, -0.25) is 0 Å². The third kappa shape index (κ3) is 2.74. The predicted molar refractivity (Wildman–Crippen MR) is 84.4 cm³/mol. The Morgan fingerprint density at radius 1 is 1.55 bits per heavy atom. The average molecular weight is 290 g/mol. The Hall–Kier alpha value is -1.33. The number of fused-ring (bicyclic) bond motifs is 1. The molecule has 4 nitrogen and oxygen atoms in total. The summed E-state index contributed by atoms with van der Waals surface area (Å²) in [6.45, 7) is 9.68. The lowest BCUT2D eigenvalue weighted by Gasteiger charge is -2.26. The summed E-state index contributed by atoms with van der Waals surface area (Å²) < 4.78 is 2.06. The zero-order valence-electron chi connectivity index (χ0n) is 12.3. The lowest BCUT2D eigenvalue weighted by atomic mass is 10.1. The van der Waals surface area contributed by atoms with Crippen LogP contribution in [0.5, 0.6) is 0 Å². The van der Waals surface area contributed by atoms with Gasteiger partial charge in [0.1, 0.15) is 5.82 Å². The quantitative estimate of drug-likeness (QED) is 0.909. The molecule has 5 heteroatoms. The van der Waals surface area contributed by atoms with Crippen molar-refractivity contribution in [2.75, 3.05) is 18.4 Å². The fraction of sp³-hybridized carbons (Fsp3) is 0.533. The van der Waals surface area contributed by atoms with E-state index < -0.39 is 0 Å². The van der Waals surface area contributed by atoms with Gasteiger partial charge in [-0.25, -0.2) is 4.68 Å². The Kier molecular flexibility index (Phi) is 3.81. The second-order valence-electron chi connectivity index (χ2n) is 5.64. The van der Waals surface area contributed by atoms with Crippen molar-refractivity contribution in [3.05, 3.63) is 33.6 Å². The van der Waals surface area contributed by atoms with Gasteiger partial charge in [0, 0.05) is 47.4 Å². The van der Waals surface area contributed by atoms with Gasteiger partial charge < -0.3 is 10.6 Å². The van der Waals surface area contributed by atoms with Crippen LogP contribution in [0.3, 0.4) is 0 Å². The molecular formula is C15H22N4S. The maximum Gasteiger partial charge on any atom is 0.124 e. The normalized spacial score (nSPS) is 19.4. The number of anilines is 1. The monoisotopic (exact) mass is 290 g/mol. The minimum atomic E-state index is 0.416. The Bertz CT molecular complexity index is 586. The van der Waals surface area contributed by atoms with E-state index in [0.29, 0.717) is 12.0 Å². The van der Waals surface area contributed by atoms with Crippen molar-refractivity contribution in [2.45, 2.75) is 33.4 Å². The molecule has 0 radical (unpaired) electrons. The summed E-state index contributed by atoms with van der Waals surface area (Å²) in [5, 5.41) is 11.4. The molecule has 2 atom stereocenters. The number of rotatable bonds is 4. The fourth-order valence-corrected chi connectivity index (χ4v) is 3.88. The summed E-state index contributed by atoms with van der Waals surface area (Å²) in [4.78, 5) is 2.82. The van der Waals surface area contributed by atoms with Crippen LogP contribution in [0.2, 0.25) is 0 Å². The van der Waals surface area contributed by atoms with E-state index in [1.54, 1.807) is 0 Å². The molecule has 1 aliphatic rings. The van der Waals surface area contributed by atoms with Crippen LogP contribution in [0.1, 0.15) is 28.3 Å². The summed E-state index contributed by atoms with van der Waals surface area (Å²) in [5.41, 5.74) is 1.44. The molecule has 2 aromatic heterocycles. The summed E-state index contributed by atoms with van der Waals surface area (Å²) in [6, 6.07) is 4.76. The summed E-state index contributed by atoms with van der Waals surface area (Å²) >= 11 is 1.88. The molecule has 0 bridgehead atoms. The van der Waals surface area contributed by atoms with E-state index in [-0.39, 0.29) is 0 Å². The number of aromatic nitrogens is 2. The van der Waals surface area contributed by atoms with E-state index in [0.717, 1.165) is 25.5 Å². The van der Waals surface area contributed by atoms with Crippen LogP contribution in [0, 0.1) is 19.8 Å². The van der Waals surface area contributed by atoms with Gasteiger partial charge in [-0.15, -0.1) is 11.3 Å². The fourth-order valence-electron chi connectivity index (χ4n) is 2.86. The van der Waals surface area contributed by atoms with Crippen molar-refractivity contribution in [3.63, 3.8) is 0 Å². The van der Waals surface area contributed by atoms with Gasteiger partial charge in [-0.2, -0.15) is 5.10 Å². The molecule has 0 fully saturated rings. The average Bonchev–Trinajstić information content (AvgIpc) is 3.01. The number of nitrogens with zero attached hydrogens (tertiary/aromatic N) is 2. The molecule has 0 saturated heterocycles. The number of thiophene rings is 1. The SMILES string of the molecule is Cc1cc([C@H](C)NC[C@@H]2CNc3ccnn3C2)c(C)s1. The topological polar surface area (TPSA) is 41.9 Å². The highest BCUT2D eigenvalue weighted by atomic mass is 32.1. The predicted octanol–water partition coefficient (Wildman–Crippen LogP) is 2.95. The van der Waals surface area contributed by atoms with Crippen LogP contribution in [-0.2, 0) is 6.54 Å². The number of aryl methyl sites for hydroxylation is 2. The molecule has 3 rings (SSSR count). The van der Waals surface area contributed by atoms with Gasteiger partial charge in [0.15, 0.2) is 0 Å². The molecule has 0 amide bonds. The van der Waals surface area contributed by atoms with Gasteiger partial charge in [-0.05, 0) is 32.4 Å². The van der Waals surface area contributed by atoms with Crippen LogP contribution in [-0.4, -0.2) is 22.9 Å². The van der Waals surface area contributed by atoms with Crippen molar-refractivity contribution in [3.8, 4) is 0 Å². The van der Waals surface area contributed by atoms with Crippen LogP contribution in [0.25, 0.3) is 0 Å². The van der Waals surface area contributed by atoms with Gasteiger partial charge in [0.2, 0.25) is 0 Å². The molecule has 2 aromatic rings. The van der Waals surface area contributed by atoms with Crippen LogP contribution < -0.4 is 10.6 Å². The highest BCUT2D eigenvalue weighted by Crippen LogP contribution is 2.26. The zero-order chi connectivity index (χ0) is 14.1. The summed E-state index contributed by atoms with van der Waals surface area (Å²) in [6.07, 6.45) is 1.86. The van der Waals surface area contributed by atoms with Gasteiger partial charge in [-0.1, -0.05) is 0 Å². The molecule has 0 aliphatic carbocycles. The minimum absolute atomic E-state index is 0.416. The number of nitrogens with one attached hydrogen (secondary N) is 2. The maximum absolute atomic E-state index is 4.34. The van der Waals surface area contributed by atoms with E-state index >= 15 is 0 Å². The molecule has 3 heterocycles. The van der Waals surface area contributed by atoms with E-state index in [4.69, 9.17) is 0 Å². The first-order chi connectivity index (χ1) is 9.63. The van der Waals surface area contributed by atoms with E-state index in [1.165, 1.54) is 15.3 Å². The first-order valence-electron chi connectivity index (χ1n) is 7.19. The highest BCUT2D eigenvalue weighted by molar-refractivity contribution is 7.12. The first kappa shape index (κ1) is 13.6. The van der Waals surface area contributed by atoms with Crippen molar-refractivity contribution < 1.29 is 0 Å². The van der Waals surface area contributed by atoms with Crippen LogP contribution in [0.15, 0.2) is 18.3 Å². The molecule has 2 N–H and O–H groups in total. The third-order valence-corrected chi connectivity index (χ3v) is 4.96. The second-order valence-corrected chi connectivity index (χ2v) is 7.10. The molecule has 20 heavy (non-hydrogen) atoms. The lowest BCUT2D eigenvalue weighted by molar-refractivity contribution is 0.376. The third-order valence-electron chi connectivity index (χ3n) is 3.98. The maximum atomic E-state index is 4.34. The molecule has 0 spiro atoms. The highest BCUT2D eigenvalue weighted by Gasteiger charge is 2.19. The Labute approximate surface area is 124 Å². The summed E-state index contributed by atoms with van der Waals surface area (Å²) in [5.74, 6) is 1.73. The lowest BCUT2D eigenvalue weighted by Crippen LogP contribution is -2.36. The van der Waals surface area contributed by atoms with Gasteiger partial charge in [0.05, 0.1) is 6.20 Å². The first-order valence-corrected chi connectivity index (χ1v) is 8.01.